The summed E-state index contributed by atoms with van der Waals surface area (Å²) in [6.07, 6.45) is 2.65. The molecule has 5 rings (SSSR count). The normalized spacial score (nSPS) is 15.6. The summed E-state index contributed by atoms with van der Waals surface area (Å²) in [4.78, 5) is 35.5. The molecule has 36 heavy (non-hydrogen) atoms. The fourth-order valence-electron chi connectivity index (χ4n) is 5.14. The van der Waals surface area contributed by atoms with Crippen molar-refractivity contribution in [2.24, 2.45) is 11.3 Å². The van der Waals surface area contributed by atoms with Gasteiger partial charge in [0, 0.05) is 11.1 Å². The number of anilines is 1. The van der Waals surface area contributed by atoms with Gasteiger partial charge in [0.2, 0.25) is 0 Å². The Morgan fingerprint density at radius 2 is 1.92 bits per heavy atom. The van der Waals surface area contributed by atoms with E-state index in [1.807, 2.05) is 38.1 Å². The predicted octanol–water partition coefficient (Wildman–Crippen LogP) is 6.41. The number of ether oxygens (including phenoxy) is 1. The minimum absolute atomic E-state index is 0.124. The van der Waals surface area contributed by atoms with Gasteiger partial charge in [-0.2, -0.15) is 0 Å². The fraction of sp³-hybridized carbons (Fsp3) is 0.379. The summed E-state index contributed by atoms with van der Waals surface area (Å²) in [5.74, 6) is -0.448. The number of para-hydroxylation sites is 1. The molecule has 1 aliphatic carbocycles. The van der Waals surface area contributed by atoms with Crippen LogP contribution in [0.4, 0.5) is 5.13 Å². The third kappa shape index (κ3) is 4.72. The van der Waals surface area contributed by atoms with Gasteiger partial charge in [-0.05, 0) is 73.3 Å². The lowest BCUT2D eigenvalue weighted by molar-refractivity contribution is -0.119. The molecule has 186 valence electrons. The summed E-state index contributed by atoms with van der Waals surface area (Å²) in [5, 5.41) is 4.06. The minimum Gasteiger partial charge on any atom is -0.452 e. The summed E-state index contributed by atoms with van der Waals surface area (Å²) >= 11 is 1.42. The zero-order valence-electron chi connectivity index (χ0n) is 21.4. The van der Waals surface area contributed by atoms with Crippen LogP contribution in [-0.4, -0.2) is 28.5 Å². The molecule has 0 fully saturated rings. The van der Waals surface area contributed by atoms with Crippen LogP contribution in [0.25, 0.3) is 21.1 Å². The number of esters is 1. The van der Waals surface area contributed by atoms with Crippen molar-refractivity contribution in [2.75, 3.05) is 11.9 Å². The number of carbonyl (C=O) groups excluding carboxylic acids is 2. The molecule has 4 aromatic rings. The third-order valence-electron chi connectivity index (χ3n) is 7.10. The molecule has 1 atom stereocenters. The Kier molecular flexibility index (Phi) is 6.29. The van der Waals surface area contributed by atoms with Gasteiger partial charge in [-0.3, -0.25) is 15.1 Å². The molecule has 0 radical (unpaired) electrons. The van der Waals surface area contributed by atoms with Crippen molar-refractivity contribution >= 4 is 49.5 Å². The number of aromatic nitrogens is 2. The van der Waals surface area contributed by atoms with Gasteiger partial charge in [-0.1, -0.05) is 56.4 Å². The second kappa shape index (κ2) is 9.28. The van der Waals surface area contributed by atoms with Gasteiger partial charge in [0.25, 0.3) is 5.91 Å². The third-order valence-corrected chi connectivity index (χ3v) is 8.02. The molecule has 7 heteroatoms. The Morgan fingerprint density at radius 3 is 2.69 bits per heavy atom. The number of fused-ring (bicyclic) bond motifs is 3. The van der Waals surface area contributed by atoms with Crippen molar-refractivity contribution in [1.29, 1.82) is 0 Å². The second-order valence-electron chi connectivity index (χ2n) is 10.8. The van der Waals surface area contributed by atoms with Crippen molar-refractivity contribution in [1.82, 2.24) is 9.97 Å². The van der Waals surface area contributed by atoms with Crippen LogP contribution in [0.1, 0.15) is 59.9 Å². The number of hydrogen-bond acceptors (Lipinski definition) is 6. The Bertz CT molecular complexity index is 1500. The predicted molar refractivity (Wildman–Crippen MR) is 145 cm³/mol. The van der Waals surface area contributed by atoms with E-state index < -0.39 is 11.9 Å². The first-order valence-electron chi connectivity index (χ1n) is 12.4. The number of pyridine rings is 1. The van der Waals surface area contributed by atoms with Gasteiger partial charge < -0.3 is 4.74 Å². The number of rotatable bonds is 4. The van der Waals surface area contributed by atoms with E-state index in [1.165, 1.54) is 11.3 Å². The monoisotopic (exact) mass is 501 g/mol. The molecule has 6 nitrogen and oxygen atoms in total. The first-order valence-corrected chi connectivity index (χ1v) is 13.2. The number of hydrogen-bond donors (Lipinski definition) is 1. The van der Waals surface area contributed by atoms with Crippen LogP contribution in [-0.2, 0) is 22.4 Å². The summed E-state index contributed by atoms with van der Waals surface area (Å²) < 4.78 is 6.59. The second-order valence-corrected chi connectivity index (χ2v) is 11.8. The molecule has 0 aliphatic heterocycles. The SMILES string of the molecule is Cc1cc(C)c2nc(NC(=O)COC(=O)c3c4c(nc5ccccc35)CCC(C(C)(C)C)C4)sc2c1. The van der Waals surface area contributed by atoms with E-state index in [0.717, 1.165) is 62.8 Å². The van der Waals surface area contributed by atoms with E-state index in [2.05, 4.69) is 43.2 Å². The smallest absolute Gasteiger partial charge is 0.339 e. The molecule has 2 aromatic heterocycles. The van der Waals surface area contributed by atoms with Crippen LogP contribution in [0.5, 0.6) is 0 Å². The quantitative estimate of drug-likeness (QED) is 0.327. The maximum atomic E-state index is 13.4. The standard InChI is InChI=1S/C29H31N3O3S/c1-16-12-17(2)26-23(13-16)36-28(32-26)31-24(33)15-35-27(34)25-19-8-6-7-9-21(19)30-22-11-10-18(14-20(22)25)29(3,4)5/h6-9,12-13,18H,10-11,14-15H2,1-5H3,(H,31,32,33). The summed E-state index contributed by atoms with van der Waals surface area (Å²) in [6, 6.07) is 11.8. The highest BCUT2D eigenvalue weighted by atomic mass is 32.1. The van der Waals surface area contributed by atoms with Gasteiger partial charge in [0.05, 0.1) is 21.3 Å². The van der Waals surface area contributed by atoms with E-state index in [1.54, 1.807) is 0 Å². The number of thiazole rings is 1. The van der Waals surface area contributed by atoms with Crippen molar-refractivity contribution in [2.45, 2.75) is 53.9 Å². The van der Waals surface area contributed by atoms with Gasteiger partial charge in [0.1, 0.15) is 0 Å². The van der Waals surface area contributed by atoms with E-state index >= 15 is 0 Å². The number of carbonyl (C=O) groups is 2. The molecular formula is C29H31N3O3S. The summed E-state index contributed by atoms with van der Waals surface area (Å²) in [5.41, 5.74) is 6.46. The van der Waals surface area contributed by atoms with Crippen LogP contribution in [0.2, 0.25) is 0 Å². The highest BCUT2D eigenvalue weighted by Crippen LogP contribution is 2.39. The lowest BCUT2D eigenvalue weighted by Gasteiger charge is -2.35. The molecule has 0 saturated heterocycles. The molecular weight excluding hydrogens is 470 g/mol. The average Bonchev–Trinajstić information content (AvgIpc) is 3.22. The molecule has 0 saturated carbocycles. The molecule has 0 bridgehead atoms. The lowest BCUT2D eigenvalue weighted by atomic mass is 9.70. The molecule has 1 unspecified atom stereocenters. The molecule has 1 amide bonds. The minimum atomic E-state index is -0.481. The summed E-state index contributed by atoms with van der Waals surface area (Å²) in [6.45, 7) is 10.4. The zero-order chi connectivity index (χ0) is 25.6. The summed E-state index contributed by atoms with van der Waals surface area (Å²) in [7, 11) is 0. The van der Waals surface area contributed by atoms with Crippen LogP contribution >= 0.6 is 11.3 Å². The van der Waals surface area contributed by atoms with Crippen LogP contribution in [0.3, 0.4) is 0 Å². The highest BCUT2D eigenvalue weighted by molar-refractivity contribution is 7.22. The molecule has 0 spiro atoms. The maximum absolute atomic E-state index is 13.4. The molecule has 1 aliphatic rings. The number of aryl methyl sites for hydroxylation is 3. The Balaban J connectivity index is 1.37. The van der Waals surface area contributed by atoms with E-state index in [0.29, 0.717) is 16.6 Å². The van der Waals surface area contributed by atoms with Crippen molar-refractivity contribution in [3.05, 3.63) is 64.3 Å². The molecule has 2 aromatic carbocycles. The van der Waals surface area contributed by atoms with E-state index in [4.69, 9.17) is 9.72 Å². The maximum Gasteiger partial charge on any atom is 0.339 e. The first kappa shape index (κ1) is 24.4. The van der Waals surface area contributed by atoms with Gasteiger partial charge >= 0.3 is 5.97 Å². The van der Waals surface area contributed by atoms with Gasteiger partial charge in [0.15, 0.2) is 11.7 Å². The number of nitrogens with zero attached hydrogens (tertiary/aromatic N) is 2. The number of benzene rings is 2. The molecule has 2 heterocycles. The fourth-order valence-corrected chi connectivity index (χ4v) is 6.20. The van der Waals surface area contributed by atoms with Crippen LogP contribution < -0.4 is 5.32 Å². The van der Waals surface area contributed by atoms with Crippen molar-refractivity contribution in [3.8, 4) is 0 Å². The Labute approximate surface area is 215 Å². The van der Waals surface area contributed by atoms with Crippen LogP contribution in [0, 0.1) is 25.2 Å². The number of amides is 1. The van der Waals surface area contributed by atoms with Gasteiger partial charge in [-0.15, -0.1) is 0 Å². The van der Waals surface area contributed by atoms with Crippen LogP contribution in [0.15, 0.2) is 36.4 Å². The molecule has 1 N–H and O–H groups in total. The zero-order valence-corrected chi connectivity index (χ0v) is 22.2. The van der Waals surface area contributed by atoms with E-state index in [9.17, 15) is 9.59 Å². The Morgan fingerprint density at radius 1 is 1.14 bits per heavy atom. The Hall–Kier alpha value is -3.32. The average molecular weight is 502 g/mol. The number of nitrogens with one attached hydrogen (secondary N) is 1. The largest absolute Gasteiger partial charge is 0.452 e. The highest BCUT2D eigenvalue weighted by Gasteiger charge is 2.33. The van der Waals surface area contributed by atoms with Crippen molar-refractivity contribution in [3.63, 3.8) is 0 Å². The van der Waals surface area contributed by atoms with E-state index in [-0.39, 0.29) is 12.0 Å². The first-order chi connectivity index (χ1) is 17.1. The van der Waals surface area contributed by atoms with Crippen molar-refractivity contribution < 1.29 is 14.3 Å². The topological polar surface area (TPSA) is 81.2 Å². The lowest BCUT2D eigenvalue weighted by Crippen LogP contribution is -2.29. The van der Waals surface area contributed by atoms with Gasteiger partial charge in [-0.25, -0.2) is 9.78 Å².